The topological polar surface area (TPSA) is 31.2 Å². The predicted octanol–water partition coefficient (Wildman–Crippen LogP) is 3.98. The van der Waals surface area contributed by atoms with Crippen LogP contribution in [0, 0.1) is 0 Å². The minimum Gasteiger partial charge on any atom is -0.497 e. The Morgan fingerprint density at radius 2 is 1.85 bits per heavy atom. The fourth-order valence-corrected chi connectivity index (χ4v) is 2.44. The fourth-order valence-electron chi connectivity index (χ4n) is 2.44. The normalized spacial score (nSPS) is 10.7. The number of nitrogens with zero attached hydrogens (tertiary/aromatic N) is 1. The second-order valence-electron chi connectivity index (χ2n) is 4.68. The highest BCUT2D eigenvalue weighted by atomic mass is 16.5. The summed E-state index contributed by atoms with van der Waals surface area (Å²) in [6.07, 6.45) is 1.89. The van der Waals surface area contributed by atoms with Crippen molar-refractivity contribution in [2.45, 2.75) is 6.92 Å². The quantitative estimate of drug-likeness (QED) is 0.702. The molecule has 3 aromatic rings. The van der Waals surface area contributed by atoms with Crippen LogP contribution >= 0.6 is 0 Å². The van der Waals surface area contributed by atoms with Gasteiger partial charge in [0, 0.05) is 30.1 Å². The summed E-state index contributed by atoms with van der Waals surface area (Å²) < 4.78 is 6.91. The Labute approximate surface area is 117 Å². The van der Waals surface area contributed by atoms with Crippen molar-refractivity contribution in [2.75, 3.05) is 7.11 Å². The zero-order chi connectivity index (χ0) is 14.1. The van der Waals surface area contributed by atoms with E-state index in [9.17, 15) is 4.79 Å². The first-order valence-electron chi connectivity index (χ1n) is 6.46. The molecule has 0 atom stereocenters. The Morgan fingerprint density at radius 1 is 1.10 bits per heavy atom. The van der Waals surface area contributed by atoms with Gasteiger partial charge in [0.05, 0.1) is 12.6 Å². The molecule has 0 radical (unpaired) electrons. The maximum atomic E-state index is 11.8. The van der Waals surface area contributed by atoms with E-state index in [-0.39, 0.29) is 5.91 Å². The summed E-state index contributed by atoms with van der Waals surface area (Å²) in [5.74, 6) is 0.739. The third-order valence-corrected chi connectivity index (χ3v) is 3.44. The largest absolute Gasteiger partial charge is 0.497 e. The van der Waals surface area contributed by atoms with Gasteiger partial charge in [0.1, 0.15) is 5.75 Å². The SMILES string of the molecule is COc1ccc2c(-c3ccccc3)cn(C(C)=O)c2c1. The summed E-state index contributed by atoms with van der Waals surface area (Å²) in [6.45, 7) is 1.56. The molecular formula is C17H15NO2. The van der Waals surface area contributed by atoms with Crippen LogP contribution in [0.3, 0.4) is 0 Å². The molecule has 1 heterocycles. The Bertz CT molecular complexity index is 772. The van der Waals surface area contributed by atoms with Crippen molar-refractivity contribution >= 4 is 16.8 Å². The number of hydrogen-bond acceptors (Lipinski definition) is 2. The average molecular weight is 265 g/mol. The molecule has 3 rings (SSSR count). The lowest BCUT2D eigenvalue weighted by atomic mass is 10.1. The Hall–Kier alpha value is -2.55. The Morgan fingerprint density at radius 3 is 2.50 bits per heavy atom. The number of benzene rings is 2. The van der Waals surface area contributed by atoms with Crippen LogP contribution in [-0.2, 0) is 0 Å². The fraction of sp³-hybridized carbons (Fsp3) is 0.118. The van der Waals surface area contributed by atoms with Gasteiger partial charge in [0.15, 0.2) is 0 Å². The van der Waals surface area contributed by atoms with Gasteiger partial charge in [-0.25, -0.2) is 0 Å². The van der Waals surface area contributed by atoms with Gasteiger partial charge in [-0.2, -0.15) is 0 Å². The highest BCUT2D eigenvalue weighted by Crippen LogP contribution is 2.32. The molecule has 20 heavy (non-hydrogen) atoms. The van der Waals surface area contributed by atoms with Gasteiger partial charge >= 0.3 is 0 Å². The molecule has 0 saturated heterocycles. The summed E-state index contributed by atoms with van der Waals surface area (Å²) in [5.41, 5.74) is 3.02. The van der Waals surface area contributed by atoms with Gasteiger partial charge in [-0.15, -0.1) is 0 Å². The van der Waals surface area contributed by atoms with Crippen LogP contribution in [0.4, 0.5) is 0 Å². The van der Waals surface area contributed by atoms with Crippen molar-refractivity contribution in [2.24, 2.45) is 0 Å². The van der Waals surface area contributed by atoms with Crippen LogP contribution in [0.2, 0.25) is 0 Å². The first-order chi connectivity index (χ1) is 9.70. The first kappa shape index (κ1) is 12.5. The highest BCUT2D eigenvalue weighted by molar-refractivity contribution is 6.01. The number of carbonyl (C=O) groups is 1. The molecule has 1 aromatic heterocycles. The molecule has 0 aliphatic heterocycles. The summed E-state index contributed by atoms with van der Waals surface area (Å²) >= 11 is 0. The van der Waals surface area contributed by atoms with Crippen LogP contribution in [0.25, 0.3) is 22.0 Å². The number of fused-ring (bicyclic) bond motifs is 1. The molecule has 0 amide bonds. The summed E-state index contributed by atoms with van der Waals surface area (Å²) in [7, 11) is 1.63. The predicted molar refractivity (Wildman–Crippen MR) is 80.2 cm³/mol. The summed E-state index contributed by atoms with van der Waals surface area (Å²) in [4.78, 5) is 11.8. The van der Waals surface area contributed by atoms with Gasteiger partial charge in [0.25, 0.3) is 0 Å². The van der Waals surface area contributed by atoms with Crippen molar-refractivity contribution in [3.63, 3.8) is 0 Å². The number of hydrogen-bond donors (Lipinski definition) is 0. The van der Waals surface area contributed by atoms with Crippen LogP contribution < -0.4 is 4.74 Å². The van der Waals surface area contributed by atoms with E-state index in [4.69, 9.17) is 4.74 Å². The maximum Gasteiger partial charge on any atom is 0.227 e. The van der Waals surface area contributed by atoms with E-state index < -0.39 is 0 Å². The van der Waals surface area contributed by atoms with Crippen LogP contribution in [0.1, 0.15) is 11.7 Å². The van der Waals surface area contributed by atoms with Gasteiger partial charge in [-0.3, -0.25) is 9.36 Å². The molecule has 0 fully saturated rings. The van der Waals surface area contributed by atoms with Crippen LogP contribution in [0.15, 0.2) is 54.7 Å². The monoisotopic (exact) mass is 265 g/mol. The molecule has 0 unspecified atom stereocenters. The van der Waals surface area contributed by atoms with E-state index in [1.807, 2.05) is 54.7 Å². The smallest absolute Gasteiger partial charge is 0.227 e. The van der Waals surface area contributed by atoms with Crippen LogP contribution in [-0.4, -0.2) is 17.6 Å². The molecule has 3 nitrogen and oxygen atoms in total. The van der Waals surface area contributed by atoms with E-state index in [1.165, 1.54) is 0 Å². The van der Waals surface area contributed by atoms with E-state index >= 15 is 0 Å². The molecule has 0 aliphatic rings. The summed E-state index contributed by atoms with van der Waals surface area (Å²) in [5, 5.41) is 1.05. The lowest BCUT2D eigenvalue weighted by Gasteiger charge is -2.02. The van der Waals surface area contributed by atoms with Crippen molar-refractivity contribution < 1.29 is 9.53 Å². The molecule has 0 spiro atoms. The minimum absolute atomic E-state index is 0.00886. The van der Waals surface area contributed by atoms with Crippen molar-refractivity contribution in [3.05, 3.63) is 54.7 Å². The zero-order valence-corrected chi connectivity index (χ0v) is 11.5. The third kappa shape index (κ3) is 1.97. The minimum atomic E-state index is -0.00886. The van der Waals surface area contributed by atoms with E-state index in [0.717, 1.165) is 27.8 Å². The van der Waals surface area contributed by atoms with Crippen LogP contribution in [0.5, 0.6) is 5.75 Å². The summed E-state index contributed by atoms with van der Waals surface area (Å²) in [6, 6.07) is 15.9. The second-order valence-corrected chi connectivity index (χ2v) is 4.68. The molecule has 0 aliphatic carbocycles. The van der Waals surface area contributed by atoms with Gasteiger partial charge in [-0.1, -0.05) is 30.3 Å². The molecule has 0 N–H and O–H groups in total. The molecular weight excluding hydrogens is 250 g/mol. The number of carbonyl (C=O) groups excluding carboxylic acids is 1. The van der Waals surface area contributed by atoms with Gasteiger partial charge in [0.2, 0.25) is 5.91 Å². The van der Waals surface area contributed by atoms with Crippen molar-refractivity contribution in [1.82, 2.24) is 4.57 Å². The van der Waals surface area contributed by atoms with Crippen molar-refractivity contribution in [1.29, 1.82) is 0 Å². The average Bonchev–Trinajstić information content (AvgIpc) is 2.87. The number of aromatic nitrogens is 1. The number of rotatable bonds is 2. The second kappa shape index (κ2) is 4.85. The molecule has 2 aromatic carbocycles. The first-order valence-corrected chi connectivity index (χ1v) is 6.46. The molecule has 3 heteroatoms. The van der Waals surface area contributed by atoms with E-state index in [2.05, 4.69) is 0 Å². The molecule has 0 saturated carbocycles. The highest BCUT2D eigenvalue weighted by Gasteiger charge is 2.13. The Balaban J connectivity index is 2.31. The molecule has 0 bridgehead atoms. The standard InChI is InChI=1S/C17H15NO2/c1-12(19)18-11-16(13-6-4-3-5-7-13)15-9-8-14(20-2)10-17(15)18/h3-11H,1-2H3. The Kier molecular flexibility index (Phi) is 3.03. The maximum absolute atomic E-state index is 11.8. The van der Waals surface area contributed by atoms with E-state index in [0.29, 0.717) is 0 Å². The lowest BCUT2D eigenvalue weighted by molar-refractivity contribution is 0.0942. The molecule has 100 valence electrons. The lowest BCUT2D eigenvalue weighted by Crippen LogP contribution is -2.02. The third-order valence-electron chi connectivity index (χ3n) is 3.44. The number of methoxy groups -OCH3 is 1. The van der Waals surface area contributed by atoms with Gasteiger partial charge in [-0.05, 0) is 17.7 Å². The zero-order valence-electron chi connectivity index (χ0n) is 11.5. The number of ether oxygens (including phenoxy) is 1. The van der Waals surface area contributed by atoms with E-state index in [1.54, 1.807) is 18.6 Å². The van der Waals surface area contributed by atoms with Crippen molar-refractivity contribution in [3.8, 4) is 16.9 Å². The van der Waals surface area contributed by atoms with Gasteiger partial charge < -0.3 is 4.74 Å².